The van der Waals surface area contributed by atoms with Crippen molar-refractivity contribution >= 4 is 35.1 Å². The second-order valence-electron chi connectivity index (χ2n) is 5.41. The van der Waals surface area contributed by atoms with E-state index in [9.17, 15) is 9.59 Å². The third-order valence-electron chi connectivity index (χ3n) is 3.91. The molecule has 1 fully saturated rings. The first-order valence-corrected chi connectivity index (χ1v) is 7.97. The highest BCUT2D eigenvalue weighted by Gasteiger charge is 2.41. The molecule has 0 radical (unpaired) electrons. The van der Waals surface area contributed by atoms with Crippen LogP contribution < -0.4 is 5.32 Å². The van der Waals surface area contributed by atoms with Gasteiger partial charge in [0.2, 0.25) is 0 Å². The molecule has 0 aromatic carbocycles. The molecule has 0 saturated heterocycles. The van der Waals surface area contributed by atoms with Crippen molar-refractivity contribution in [1.29, 1.82) is 0 Å². The number of nitrogens with one attached hydrogen (secondary N) is 1. The molecule has 0 atom stereocenters. The van der Waals surface area contributed by atoms with Crippen molar-refractivity contribution in [2.75, 3.05) is 7.11 Å². The summed E-state index contributed by atoms with van der Waals surface area (Å²) in [5, 5.41) is 3.15. The Morgan fingerprint density at radius 3 is 2.41 bits per heavy atom. The number of carbonyl (C=O) groups excluding carboxylic acids is 2. The van der Waals surface area contributed by atoms with Gasteiger partial charge in [0.25, 0.3) is 5.91 Å². The standard InChI is InChI=1S/C15H18Cl2N2O3/c1-22-14(21)15(8-4-2-3-5-9-15)19-13(20)12-10(16)6-7-11(17)18-12/h6-7H,2-5,8-9H2,1H3,(H,19,20). The summed E-state index contributed by atoms with van der Waals surface area (Å²) < 4.78 is 4.91. The zero-order chi connectivity index (χ0) is 16.2. The number of ether oxygens (including phenoxy) is 1. The molecule has 7 heteroatoms. The molecule has 1 heterocycles. The summed E-state index contributed by atoms with van der Waals surface area (Å²) in [6, 6.07) is 3.01. The Hall–Kier alpha value is -1.33. The quantitative estimate of drug-likeness (QED) is 0.518. The number of hydrogen-bond donors (Lipinski definition) is 1. The van der Waals surface area contributed by atoms with Crippen LogP contribution in [0.3, 0.4) is 0 Å². The van der Waals surface area contributed by atoms with Gasteiger partial charge in [-0.25, -0.2) is 9.78 Å². The topological polar surface area (TPSA) is 68.3 Å². The van der Waals surface area contributed by atoms with Gasteiger partial charge in [-0.2, -0.15) is 0 Å². The highest BCUT2D eigenvalue weighted by atomic mass is 35.5. The molecular formula is C15H18Cl2N2O3. The number of hydrogen-bond acceptors (Lipinski definition) is 4. The molecule has 5 nitrogen and oxygen atoms in total. The Morgan fingerprint density at radius 2 is 1.82 bits per heavy atom. The van der Waals surface area contributed by atoms with Gasteiger partial charge in [0, 0.05) is 0 Å². The normalized spacial score (nSPS) is 17.4. The smallest absolute Gasteiger partial charge is 0.331 e. The number of carbonyl (C=O) groups is 2. The molecule has 1 saturated carbocycles. The van der Waals surface area contributed by atoms with Crippen LogP contribution in [-0.4, -0.2) is 29.5 Å². The minimum absolute atomic E-state index is 0.0155. The third-order valence-corrected chi connectivity index (χ3v) is 4.43. The molecule has 1 aliphatic carbocycles. The Morgan fingerprint density at radius 1 is 1.18 bits per heavy atom. The Bertz CT molecular complexity index is 570. The molecule has 0 bridgehead atoms. The van der Waals surface area contributed by atoms with Crippen molar-refractivity contribution in [2.45, 2.75) is 44.1 Å². The molecule has 0 aliphatic heterocycles. The zero-order valence-electron chi connectivity index (χ0n) is 12.3. The van der Waals surface area contributed by atoms with Crippen LogP contribution in [0.2, 0.25) is 10.2 Å². The maximum atomic E-state index is 12.5. The van der Waals surface area contributed by atoms with E-state index in [-0.39, 0.29) is 15.9 Å². The van der Waals surface area contributed by atoms with Gasteiger partial charge < -0.3 is 10.1 Å². The molecular weight excluding hydrogens is 327 g/mol. The summed E-state index contributed by atoms with van der Waals surface area (Å²) in [4.78, 5) is 28.7. The van der Waals surface area contributed by atoms with E-state index in [1.165, 1.54) is 19.2 Å². The van der Waals surface area contributed by atoms with E-state index in [2.05, 4.69) is 10.3 Å². The van der Waals surface area contributed by atoms with E-state index in [4.69, 9.17) is 27.9 Å². The molecule has 1 N–H and O–H groups in total. The summed E-state index contributed by atoms with van der Waals surface area (Å²) in [5.74, 6) is -0.944. The molecule has 0 spiro atoms. The SMILES string of the molecule is COC(=O)C1(NC(=O)c2nc(Cl)ccc2Cl)CCCCCC1. The Labute approximate surface area is 139 Å². The maximum Gasteiger partial charge on any atom is 0.331 e. The van der Waals surface area contributed by atoms with Crippen LogP contribution in [-0.2, 0) is 9.53 Å². The number of rotatable bonds is 3. The number of methoxy groups -OCH3 is 1. The number of esters is 1. The third kappa shape index (κ3) is 3.70. The van der Waals surface area contributed by atoms with Crippen molar-refractivity contribution in [3.63, 3.8) is 0 Å². The minimum Gasteiger partial charge on any atom is -0.467 e. The fourth-order valence-electron chi connectivity index (χ4n) is 2.76. The highest BCUT2D eigenvalue weighted by Crippen LogP contribution is 2.29. The summed E-state index contributed by atoms with van der Waals surface area (Å²) >= 11 is 11.8. The van der Waals surface area contributed by atoms with Gasteiger partial charge >= 0.3 is 5.97 Å². The van der Waals surface area contributed by atoms with Gasteiger partial charge in [0.1, 0.15) is 16.4 Å². The summed E-state index contributed by atoms with van der Waals surface area (Å²) in [6.45, 7) is 0. The largest absolute Gasteiger partial charge is 0.467 e. The highest BCUT2D eigenvalue weighted by molar-refractivity contribution is 6.34. The van der Waals surface area contributed by atoms with Crippen LogP contribution >= 0.6 is 23.2 Å². The fourth-order valence-corrected chi connectivity index (χ4v) is 3.10. The average Bonchev–Trinajstić information content (AvgIpc) is 2.75. The fraction of sp³-hybridized carbons (Fsp3) is 0.533. The van der Waals surface area contributed by atoms with E-state index in [1.54, 1.807) is 0 Å². The van der Waals surface area contributed by atoms with E-state index in [0.717, 1.165) is 25.7 Å². The van der Waals surface area contributed by atoms with E-state index >= 15 is 0 Å². The zero-order valence-corrected chi connectivity index (χ0v) is 13.8. The minimum atomic E-state index is -1.02. The molecule has 0 unspecified atom stereocenters. The molecule has 1 aromatic rings. The van der Waals surface area contributed by atoms with Crippen molar-refractivity contribution in [3.05, 3.63) is 28.0 Å². The number of nitrogens with zero attached hydrogens (tertiary/aromatic N) is 1. The van der Waals surface area contributed by atoms with E-state index < -0.39 is 17.4 Å². The first kappa shape index (κ1) is 17.0. The van der Waals surface area contributed by atoms with Gasteiger partial charge in [0.05, 0.1) is 12.1 Å². The number of aromatic nitrogens is 1. The van der Waals surface area contributed by atoms with Crippen LogP contribution in [0.15, 0.2) is 12.1 Å². The van der Waals surface area contributed by atoms with Gasteiger partial charge in [0.15, 0.2) is 0 Å². The lowest BCUT2D eigenvalue weighted by molar-refractivity contribution is -0.148. The summed E-state index contributed by atoms with van der Waals surface area (Å²) in [7, 11) is 1.33. The molecule has 22 heavy (non-hydrogen) atoms. The number of amides is 1. The van der Waals surface area contributed by atoms with Crippen LogP contribution in [0.1, 0.15) is 49.0 Å². The molecule has 2 rings (SSSR count). The van der Waals surface area contributed by atoms with Crippen molar-refractivity contribution in [1.82, 2.24) is 10.3 Å². The molecule has 1 aromatic heterocycles. The monoisotopic (exact) mass is 344 g/mol. The van der Waals surface area contributed by atoms with Crippen molar-refractivity contribution in [2.24, 2.45) is 0 Å². The van der Waals surface area contributed by atoms with Gasteiger partial charge in [-0.15, -0.1) is 0 Å². The van der Waals surface area contributed by atoms with Gasteiger partial charge in [-0.05, 0) is 25.0 Å². The Balaban J connectivity index is 2.28. The van der Waals surface area contributed by atoms with Crippen molar-refractivity contribution in [3.8, 4) is 0 Å². The Kier molecular flexibility index (Phi) is 5.64. The first-order valence-electron chi connectivity index (χ1n) is 7.21. The lowest BCUT2D eigenvalue weighted by atomic mass is 9.90. The predicted molar refractivity (Wildman–Crippen MR) is 84.2 cm³/mol. The first-order chi connectivity index (χ1) is 10.5. The van der Waals surface area contributed by atoms with E-state index in [1.807, 2.05) is 0 Å². The molecule has 1 amide bonds. The van der Waals surface area contributed by atoms with Gasteiger partial charge in [-0.3, -0.25) is 4.79 Å². The second-order valence-corrected chi connectivity index (χ2v) is 6.20. The van der Waals surface area contributed by atoms with Gasteiger partial charge in [-0.1, -0.05) is 48.9 Å². The number of halogens is 2. The van der Waals surface area contributed by atoms with E-state index in [0.29, 0.717) is 12.8 Å². The summed E-state index contributed by atoms with van der Waals surface area (Å²) in [6.07, 6.45) is 4.86. The molecule has 1 aliphatic rings. The van der Waals surface area contributed by atoms with Crippen LogP contribution in [0.25, 0.3) is 0 Å². The average molecular weight is 345 g/mol. The van der Waals surface area contributed by atoms with Crippen LogP contribution in [0, 0.1) is 0 Å². The van der Waals surface area contributed by atoms with Crippen LogP contribution in [0.5, 0.6) is 0 Å². The molecule has 120 valence electrons. The second kappa shape index (κ2) is 7.29. The lowest BCUT2D eigenvalue weighted by Gasteiger charge is -2.30. The maximum absolute atomic E-state index is 12.5. The lowest BCUT2D eigenvalue weighted by Crippen LogP contribution is -2.55. The number of pyridine rings is 1. The van der Waals surface area contributed by atoms with Crippen molar-refractivity contribution < 1.29 is 14.3 Å². The van der Waals surface area contributed by atoms with Crippen LogP contribution in [0.4, 0.5) is 0 Å². The predicted octanol–water partition coefficient (Wildman–Crippen LogP) is 3.38. The summed E-state index contributed by atoms with van der Waals surface area (Å²) in [5.41, 5.74) is -1.00.